The maximum Gasteiger partial charge on any atom is 0.225 e. The largest absolute Gasteiger partial charge is 0.369 e. The molecular formula is C14H20N4S. The van der Waals surface area contributed by atoms with Crippen molar-refractivity contribution in [3.05, 3.63) is 10.9 Å². The standard InChI is InChI=1S/C14H20N4S/c1-4-10-6-11-12(16-7-9-5-8(9)2)17-14(15-3)18-13(11)19-10/h6,8-9H,4-5,7H2,1-3H3,(H2,15,16,17,18). The van der Waals surface area contributed by atoms with Crippen LogP contribution in [0.15, 0.2) is 6.07 Å². The molecule has 2 aromatic heterocycles. The summed E-state index contributed by atoms with van der Waals surface area (Å²) in [5.41, 5.74) is 0. The molecule has 2 aromatic rings. The molecule has 1 saturated carbocycles. The fraction of sp³-hybridized carbons (Fsp3) is 0.571. The predicted octanol–water partition coefficient (Wildman–Crippen LogP) is 3.36. The molecule has 0 amide bonds. The van der Waals surface area contributed by atoms with Crippen LogP contribution in [0.4, 0.5) is 11.8 Å². The lowest BCUT2D eigenvalue weighted by Crippen LogP contribution is -2.08. The lowest BCUT2D eigenvalue weighted by Gasteiger charge is -2.08. The van der Waals surface area contributed by atoms with E-state index in [0.717, 1.165) is 40.8 Å². The van der Waals surface area contributed by atoms with Gasteiger partial charge in [0.15, 0.2) is 0 Å². The fourth-order valence-corrected chi connectivity index (χ4v) is 3.27. The van der Waals surface area contributed by atoms with Crippen LogP contribution in [-0.4, -0.2) is 23.6 Å². The Labute approximate surface area is 117 Å². The first-order chi connectivity index (χ1) is 9.21. The van der Waals surface area contributed by atoms with E-state index < -0.39 is 0 Å². The second-order valence-corrected chi connectivity index (χ2v) is 6.40. The highest BCUT2D eigenvalue weighted by Crippen LogP contribution is 2.38. The van der Waals surface area contributed by atoms with Crippen molar-refractivity contribution < 1.29 is 0 Å². The number of anilines is 2. The first kappa shape index (κ1) is 12.7. The first-order valence-electron chi connectivity index (χ1n) is 6.93. The molecule has 2 unspecified atom stereocenters. The number of fused-ring (bicyclic) bond motifs is 1. The van der Waals surface area contributed by atoms with Gasteiger partial charge in [0.25, 0.3) is 0 Å². The molecule has 3 rings (SSSR count). The van der Waals surface area contributed by atoms with Crippen molar-refractivity contribution in [2.75, 3.05) is 24.2 Å². The molecule has 2 N–H and O–H groups in total. The van der Waals surface area contributed by atoms with Crippen LogP contribution in [0, 0.1) is 11.8 Å². The summed E-state index contributed by atoms with van der Waals surface area (Å²) >= 11 is 1.76. The molecule has 19 heavy (non-hydrogen) atoms. The number of aromatic nitrogens is 2. The minimum atomic E-state index is 0.698. The molecule has 0 aliphatic heterocycles. The van der Waals surface area contributed by atoms with Gasteiger partial charge in [0, 0.05) is 18.5 Å². The van der Waals surface area contributed by atoms with Crippen molar-refractivity contribution in [3.8, 4) is 0 Å². The van der Waals surface area contributed by atoms with Crippen LogP contribution in [0.3, 0.4) is 0 Å². The second kappa shape index (κ2) is 4.96. The molecule has 0 spiro atoms. The van der Waals surface area contributed by atoms with E-state index in [9.17, 15) is 0 Å². The summed E-state index contributed by atoms with van der Waals surface area (Å²) in [5.74, 6) is 3.35. The average Bonchev–Trinajstić information content (AvgIpc) is 2.97. The molecule has 0 bridgehead atoms. The van der Waals surface area contributed by atoms with Gasteiger partial charge in [0.05, 0.1) is 5.39 Å². The lowest BCUT2D eigenvalue weighted by molar-refractivity contribution is 0.785. The van der Waals surface area contributed by atoms with Gasteiger partial charge in [0.2, 0.25) is 5.95 Å². The van der Waals surface area contributed by atoms with E-state index in [2.05, 4.69) is 40.5 Å². The molecule has 0 radical (unpaired) electrons. The monoisotopic (exact) mass is 276 g/mol. The molecule has 1 fully saturated rings. The molecule has 2 heterocycles. The Morgan fingerprint density at radius 2 is 2.21 bits per heavy atom. The number of rotatable bonds is 5. The summed E-state index contributed by atoms with van der Waals surface area (Å²) in [4.78, 5) is 11.5. The molecule has 0 saturated heterocycles. The topological polar surface area (TPSA) is 49.8 Å². The van der Waals surface area contributed by atoms with E-state index >= 15 is 0 Å². The van der Waals surface area contributed by atoms with E-state index in [-0.39, 0.29) is 0 Å². The van der Waals surface area contributed by atoms with Crippen molar-refractivity contribution >= 4 is 33.3 Å². The van der Waals surface area contributed by atoms with Crippen LogP contribution >= 0.6 is 11.3 Å². The quantitative estimate of drug-likeness (QED) is 0.879. The van der Waals surface area contributed by atoms with Gasteiger partial charge >= 0.3 is 0 Å². The first-order valence-corrected chi connectivity index (χ1v) is 7.75. The Kier molecular flexibility index (Phi) is 3.31. The molecule has 1 aliphatic rings. The van der Waals surface area contributed by atoms with Crippen LogP contribution in [0.25, 0.3) is 10.2 Å². The minimum Gasteiger partial charge on any atom is -0.369 e. The predicted molar refractivity (Wildman–Crippen MR) is 82.1 cm³/mol. The fourth-order valence-electron chi connectivity index (χ4n) is 2.30. The summed E-state index contributed by atoms with van der Waals surface area (Å²) in [6.07, 6.45) is 2.39. The summed E-state index contributed by atoms with van der Waals surface area (Å²) in [6.45, 7) is 5.50. The van der Waals surface area contributed by atoms with Crippen molar-refractivity contribution in [2.24, 2.45) is 11.8 Å². The Morgan fingerprint density at radius 3 is 2.84 bits per heavy atom. The Bertz CT molecular complexity index is 592. The van der Waals surface area contributed by atoms with Gasteiger partial charge in [0.1, 0.15) is 10.6 Å². The van der Waals surface area contributed by atoms with Crippen LogP contribution in [0.5, 0.6) is 0 Å². The number of nitrogens with one attached hydrogen (secondary N) is 2. The number of hydrogen-bond acceptors (Lipinski definition) is 5. The number of aryl methyl sites for hydroxylation is 1. The maximum absolute atomic E-state index is 4.57. The van der Waals surface area contributed by atoms with E-state index in [1.807, 2.05) is 7.05 Å². The van der Waals surface area contributed by atoms with Gasteiger partial charge in [-0.15, -0.1) is 11.3 Å². The van der Waals surface area contributed by atoms with Crippen LogP contribution in [-0.2, 0) is 6.42 Å². The summed E-state index contributed by atoms with van der Waals surface area (Å²) < 4.78 is 0. The molecular weight excluding hydrogens is 256 g/mol. The molecule has 0 aromatic carbocycles. The van der Waals surface area contributed by atoms with Gasteiger partial charge in [-0.25, -0.2) is 4.98 Å². The van der Waals surface area contributed by atoms with Gasteiger partial charge in [-0.3, -0.25) is 0 Å². The van der Waals surface area contributed by atoms with Crippen molar-refractivity contribution in [2.45, 2.75) is 26.7 Å². The highest BCUT2D eigenvalue weighted by atomic mass is 32.1. The Balaban J connectivity index is 1.92. The highest BCUT2D eigenvalue weighted by molar-refractivity contribution is 7.18. The van der Waals surface area contributed by atoms with E-state index in [4.69, 9.17) is 0 Å². The zero-order valence-electron chi connectivity index (χ0n) is 11.7. The van der Waals surface area contributed by atoms with Crippen LogP contribution in [0.2, 0.25) is 0 Å². The Hall–Kier alpha value is -1.36. The third-order valence-electron chi connectivity index (χ3n) is 3.82. The van der Waals surface area contributed by atoms with E-state index in [1.165, 1.54) is 11.3 Å². The van der Waals surface area contributed by atoms with Gasteiger partial charge in [-0.1, -0.05) is 13.8 Å². The molecule has 4 nitrogen and oxygen atoms in total. The number of thiophene rings is 1. The van der Waals surface area contributed by atoms with Crippen LogP contribution in [0.1, 0.15) is 25.1 Å². The van der Waals surface area contributed by atoms with Crippen molar-refractivity contribution in [1.29, 1.82) is 0 Å². The highest BCUT2D eigenvalue weighted by Gasteiger charge is 2.32. The third-order valence-corrected chi connectivity index (χ3v) is 5.00. The van der Waals surface area contributed by atoms with Gasteiger partial charge in [-0.05, 0) is 30.7 Å². The van der Waals surface area contributed by atoms with Crippen LogP contribution < -0.4 is 10.6 Å². The summed E-state index contributed by atoms with van der Waals surface area (Å²) in [7, 11) is 1.86. The van der Waals surface area contributed by atoms with E-state index in [0.29, 0.717) is 5.95 Å². The maximum atomic E-state index is 4.57. The number of hydrogen-bond donors (Lipinski definition) is 2. The molecule has 102 valence electrons. The average molecular weight is 276 g/mol. The van der Waals surface area contributed by atoms with Crippen molar-refractivity contribution in [1.82, 2.24) is 9.97 Å². The zero-order chi connectivity index (χ0) is 13.4. The Morgan fingerprint density at radius 1 is 1.42 bits per heavy atom. The third kappa shape index (κ3) is 2.52. The second-order valence-electron chi connectivity index (χ2n) is 5.28. The van der Waals surface area contributed by atoms with Gasteiger partial charge < -0.3 is 10.6 Å². The minimum absolute atomic E-state index is 0.698. The van der Waals surface area contributed by atoms with E-state index in [1.54, 1.807) is 11.3 Å². The summed E-state index contributed by atoms with van der Waals surface area (Å²) in [5, 5.41) is 7.71. The molecule has 2 atom stereocenters. The molecule has 5 heteroatoms. The SMILES string of the molecule is CCc1cc2c(NCC3CC3C)nc(NC)nc2s1. The molecule has 1 aliphatic carbocycles. The lowest BCUT2D eigenvalue weighted by atomic mass is 10.3. The zero-order valence-corrected chi connectivity index (χ0v) is 12.5. The smallest absolute Gasteiger partial charge is 0.225 e. The van der Waals surface area contributed by atoms with Gasteiger partial charge in [-0.2, -0.15) is 4.98 Å². The normalized spacial score (nSPS) is 21.6. The van der Waals surface area contributed by atoms with Crippen molar-refractivity contribution in [3.63, 3.8) is 0 Å². The summed E-state index contributed by atoms with van der Waals surface area (Å²) in [6, 6.07) is 2.22. The number of nitrogens with zero attached hydrogens (tertiary/aromatic N) is 2.